The van der Waals surface area contributed by atoms with E-state index in [0.29, 0.717) is 0 Å². The van der Waals surface area contributed by atoms with Crippen molar-refractivity contribution in [2.24, 2.45) is 20.0 Å². The van der Waals surface area contributed by atoms with Gasteiger partial charge in [0, 0.05) is 79.2 Å². The van der Waals surface area contributed by atoms with Crippen molar-refractivity contribution in [1.29, 1.82) is 0 Å². The van der Waals surface area contributed by atoms with E-state index in [4.69, 9.17) is 20.0 Å². The summed E-state index contributed by atoms with van der Waals surface area (Å²) in [6.07, 6.45) is 40.8. The fourth-order valence-corrected chi connectivity index (χ4v) is 9.29. The highest BCUT2D eigenvalue weighted by molar-refractivity contribution is 6.39. The Kier molecular flexibility index (Phi) is 11.3. The molecule has 0 saturated heterocycles. The molecule has 7 aliphatic rings. The molecular formula is C61H52N7+. The molecule has 8 heterocycles. The average molecular weight is 883 g/mol. The Labute approximate surface area is 399 Å². The van der Waals surface area contributed by atoms with Crippen molar-refractivity contribution in [3.8, 4) is 0 Å². The predicted molar refractivity (Wildman–Crippen MR) is 281 cm³/mol. The Balaban J connectivity index is 0.972. The fraction of sp³-hybridized carbons (Fsp3) is 0.131. The lowest BCUT2D eigenvalue weighted by molar-refractivity contribution is -0.697. The van der Waals surface area contributed by atoms with Crippen molar-refractivity contribution in [3.05, 3.63) is 268 Å². The SMILES string of the molecule is Cc1ccc(C2=C3C=CC(=N3)C(c3ccc(C)cc3)=C3C=CC(=N3)C(c3cc[n+](CCCCN4C=CC(=C5C=CN(C)C=C5)C=C4)cc3)=C3C=CC(=N3)C(c3ccc(C)cc3)=C3C=CC2=N3)cc1. The second-order valence-electron chi connectivity index (χ2n) is 18.1. The van der Waals surface area contributed by atoms with Crippen molar-refractivity contribution in [1.82, 2.24) is 9.80 Å². The number of benzene rings is 3. The van der Waals surface area contributed by atoms with Crippen LogP contribution in [0.1, 0.15) is 51.8 Å². The Morgan fingerprint density at radius 1 is 0.382 bits per heavy atom. The van der Waals surface area contributed by atoms with Crippen LogP contribution in [0.5, 0.6) is 0 Å². The van der Waals surface area contributed by atoms with Crippen LogP contribution >= 0.6 is 0 Å². The average Bonchev–Trinajstić information content (AvgIpc) is 4.22. The third-order valence-corrected chi connectivity index (χ3v) is 13.1. The maximum atomic E-state index is 5.48. The van der Waals surface area contributed by atoms with Crippen molar-refractivity contribution < 1.29 is 4.57 Å². The summed E-state index contributed by atoms with van der Waals surface area (Å²) in [5.41, 5.74) is 21.0. The van der Waals surface area contributed by atoms with E-state index in [1.807, 2.05) is 7.05 Å². The van der Waals surface area contributed by atoms with E-state index >= 15 is 0 Å². The van der Waals surface area contributed by atoms with Gasteiger partial charge in [0.25, 0.3) is 0 Å². The molecule has 0 N–H and O–H groups in total. The van der Waals surface area contributed by atoms with Crippen LogP contribution < -0.4 is 4.57 Å². The van der Waals surface area contributed by atoms with Crippen LogP contribution in [0.3, 0.4) is 0 Å². The van der Waals surface area contributed by atoms with Gasteiger partial charge in [-0.05, 0) is 134 Å². The number of hydrogen-bond donors (Lipinski definition) is 0. The zero-order chi connectivity index (χ0) is 46.1. The number of allylic oxidation sites excluding steroid dienone is 18. The number of rotatable bonds is 9. The lowest BCUT2D eigenvalue weighted by atomic mass is 9.97. The summed E-state index contributed by atoms with van der Waals surface area (Å²) in [7, 11) is 2.04. The molecule has 7 nitrogen and oxygen atoms in total. The summed E-state index contributed by atoms with van der Waals surface area (Å²) in [5, 5.41) is 0. The van der Waals surface area contributed by atoms with Crippen molar-refractivity contribution in [3.63, 3.8) is 0 Å². The Morgan fingerprint density at radius 2 is 0.721 bits per heavy atom. The second-order valence-corrected chi connectivity index (χ2v) is 18.1. The highest BCUT2D eigenvalue weighted by Gasteiger charge is 2.28. The van der Waals surface area contributed by atoms with Crippen LogP contribution in [0.15, 0.2) is 249 Å². The molecule has 0 radical (unpaired) electrons. The molecule has 0 aliphatic carbocycles. The molecule has 4 aromatic rings. The molecule has 0 saturated carbocycles. The fourth-order valence-electron chi connectivity index (χ4n) is 9.29. The van der Waals surface area contributed by atoms with Gasteiger partial charge in [0.1, 0.15) is 6.54 Å². The number of hydrogen-bond acceptors (Lipinski definition) is 6. The third kappa shape index (κ3) is 8.62. The van der Waals surface area contributed by atoms with Crippen LogP contribution in [-0.4, -0.2) is 46.2 Å². The van der Waals surface area contributed by atoms with Crippen molar-refractivity contribution in [2.75, 3.05) is 13.6 Å². The van der Waals surface area contributed by atoms with Gasteiger partial charge in [-0.1, -0.05) is 89.5 Å². The Hall–Kier alpha value is -8.29. The summed E-state index contributed by atoms with van der Waals surface area (Å²) >= 11 is 0. The number of fused-ring (bicyclic) bond motifs is 4. The number of aromatic nitrogens is 1. The van der Waals surface area contributed by atoms with Crippen LogP contribution in [0, 0.1) is 20.8 Å². The van der Waals surface area contributed by atoms with Crippen LogP contribution in [0.4, 0.5) is 0 Å². The number of nitrogens with zero attached hydrogens (tertiary/aromatic N) is 7. The molecule has 0 amide bonds. The molecule has 0 fully saturated rings. The van der Waals surface area contributed by atoms with E-state index < -0.39 is 0 Å². The topological polar surface area (TPSA) is 59.8 Å². The monoisotopic (exact) mass is 882 g/mol. The molecule has 0 spiro atoms. The minimum absolute atomic E-state index is 0.854. The number of pyridine rings is 1. The predicted octanol–water partition coefficient (Wildman–Crippen LogP) is 12.3. The van der Waals surface area contributed by atoms with Crippen molar-refractivity contribution >= 4 is 45.1 Å². The van der Waals surface area contributed by atoms with E-state index in [2.05, 4.69) is 230 Å². The number of aryl methyl sites for hydroxylation is 4. The van der Waals surface area contributed by atoms with Gasteiger partial charge in [-0.15, -0.1) is 0 Å². The molecule has 7 heteroatoms. The van der Waals surface area contributed by atoms with E-state index in [9.17, 15) is 0 Å². The summed E-state index contributed by atoms with van der Waals surface area (Å²) in [6.45, 7) is 8.24. The lowest BCUT2D eigenvalue weighted by Crippen LogP contribution is -2.33. The van der Waals surface area contributed by atoms with Gasteiger partial charge in [-0.2, -0.15) is 0 Å². The quantitative estimate of drug-likeness (QED) is 0.124. The molecular weight excluding hydrogens is 831 g/mol. The molecule has 330 valence electrons. The van der Waals surface area contributed by atoms with E-state index in [0.717, 1.165) is 116 Å². The summed E-state index contributed by atoms with van der Waals surface area (Å²) in [5.74, 6) is 0. The largest absolute Gasteiger partial charge is 0.357 e. The van der Waals surface area contributed by atoms with Gasteiger partial charge in [-0.3, -0.25) is 0 Å². The Bertz CT molecular complexity index is 3230. The van der Waals surface area contributed by atoms with Crippen LogP contribution in [-0.2, 0) is 6.54 Å². The first kappa shape index (κ1) is 42.4. The first-order valence-corrected chi connectivity index (χ1v) is 23.5. The molecule has 7 aliphatic heterocycles. The standard InChI is InChI=1S/C61H52N7/c1-41-7-13-46(14-8-41)58-50-19-21-52(62-50)59(47-15-9-42(2)10-16-47)54-23-25-56(64-54)61(57-26-24-55(65-57)60(53-22-20-51(58)63-53)48-17-11-43(3)12-18-48)49-31-39-68(40-32-49)34-6-5-33-67-37-29-45(30-38-67)44-27-35-66(4)36-28-44/h7-32,35-40H,5-6,33-34H2,1-4H3/q+1. The first-order chi connectivity index (χ1) is 33.3. The summed E-state index contributed by atoms with van der Waals surface area (Å²) in [6, 6.07) is 30.4. The van der Waals surface area contributed by atoms with Crippen LogP contribution in [0.25, 0.3) is 22.3 Å². The van der Waals surface area contributed by atoms with Gasteiger partial charge < -0.3 is 9.80 Å². The third-order valence-electron chi connectivity index (χ3n) is 13.1. The zero-order valence-corrected chi connectivity index (χ0v) is 38.9. The van der Waals surface area contributed by atoms with Gasteiger partial charge in [-0.25, -0.2) is 24.5 Å². The normalized spacial score (nSPS) is 18.1. The molecule has 3 aromatic carbocycles. The molecule has 8 bridgehead atoms. The lowest BCUT2D eigenvalue weighted by Gasteiger charge is -2.20. The maximum Gasteiger partial charge on any atom is 0.169 e. The van der Waals surface area contributed by atoms with Gasteiger partial charge in [0.15, 0.2) is 12.4 Å². The van der Waals surface area contributed by atoms with Gasteiger partial charge in [0.2, 0.25) is 0 Å². The van der Waals surface area contributed by atoms with Gasteiger partial charge >= 0.3 is 0 Å². The highest BCUT2D eigenvalue weighted by atomic mass is 15.1. The minimum atomic E-state index is 0.854. The van der Waals surface area contributed by atoms with Crippen LogP contribution in [0.2, 0.25) is 0 Å². The zero-order valence-electron chi connectivity index (χ0n) is 38.9. The number of unbranched alkanes of at least 4 members (excludes halogenated alkanes) is 1. The number of aliphatic imine (C=N–C) groups is 4. The Morgan fingerprint density at radius 3 is 1.09 bits per heavy atom. The molecule has 0 atom stereocenters. The molecule has 68 heavy (non-hydrogen) atoms. The summed E-state index contributed by atoms with van der Waals surface area (Å²) in [4.78, 5) is 26.2. The van der Waals surface area contributed by atoms with E-state index in [1.54, 1.807) is 0 Å². The first-order valence-electron chi connectivity index (χ1n) is 23.5. The molecule has 0 unspecified atom stereocenters. The van der Waals surface area contributed by atoms with Gasteiger partial charge in [0.05, 0.1) is 45.6 Å². The maximum absolute atomic E-state index is 5.48. The molecule has 1 aromatic heterocycles. The van der Waals surface area contributed by atoms with Crippen molar-refractivity contribution in [2.45, 2.75) is 40.2 Å². The highest BCUT2D eigenvalue weighted by Crippen LogP contribution is 2.38. The summed E-state index contributed by atoms with van der Waals surface area (Å²) < 4.78 is 2.28. The molecule has 11 rings (SSSR count). The van der Waals surface area contributed by atoms with E-state index in [-0.39, 0.29) is 0 Å². The smallest absolute Gasteiger partial charge is 0.169 e. The second kappa shape index (κ2) is 18.2. The van der Waals surface area contributed by atoms with E-state index in [1.165, 1.54) is 27.8 Å². The minimum Gasteiger partial charge on any atom is -0.357 e.